The molecule has 1 fully saturated rings. The van der Waals surface area contributed by atoms with Gasteiger partial charge in [0.05, 0.1) is 5.75 Å². The zero-order valence-electron chi connectivity index (χ0n) is 10.6. The van der Waals surface area contributed by atoms with Gasteiger partial charge in [-0.3, -0.25) is 5.10 Å². The maximum Gasteiger partial charge on any atom is 0.213 e. The molecule has 1 aromatic heterocycles. The highest BCUT2D eigenvalue weighted by atomic mass is 32.2. The van der Waals surface area contributed by atoms with Crippen molar-refractivity contribution in [2.75, 3.05) is 18.8 Å². The minimum Gasteiger partial charge on any atom is -0.307 e. The Morgan fingerprint density at radius 1 is 1.56 bits per heavy atom. The van der Waals surface area contributed by atoms with Crippen LogP contribution in [0, 0.1) is 4.77 Å². The number of hydrogen-bond donors (Lipinski definition) is 1. The van der Waals surface area contributed by atoms with E-state index in [1.807, 2.05) is 11.6 Å². The molecular weight excluding hydrogens is 272 g/mol. The summed E-state index contributed by atoms with van der Waals surface area (Å²) >= 11 is 5.08. The average Bonchev–Trinajstić information content (AvgIpc) is 2.70. The lowest BCUT2D eigenvalue weighted by molar-refractivity contribution is 0.306. The lowest BCUT2D eigenvalue weighted by Gasteiger charge is -2.30. The summed E-state index contributed by atoms with van der Waals surface area (Å²) in [6.07, 6.45) is 1.81. The van der Waals surface area contributed by atoms with Crippen molar-refractivity contribution >= 4 is 22.2 Å². The first-order valence-corrected chi connectivity index (χ1v) is 8.06. The molecule has 0 radical (unpaired) electrons. The van der Waals surface area contributed by atoms with E-state index in [1.54, 1.807) is 11.2 Å². The fourth-order valence-electron chi connectivity index (χ4n) is 2.31. The van der Waals surface area contributed by atoms with Crippen molar-refractivity contribution in [3.05, 3.63) is 10.6 Å². The van der Waals surface area contributed by atoms with Gasteiger partial charge in [0.25, 0.3) is 0 Å². The second-order valence-corrected chi connectivity index (χ2v) is 7.19. The van der Waals surface area contributed by atoms with E-state index in [0.717, 1.165) is 18.7 Å². The standard InChI is InChI=1S/C10H18N4O2S2/c1-3-18(15,16)14-6-4-5-8(7-14)9-11-12-10(17)13(9)2/h8H,3-7H2,1-2H3,(H,12,17). The number of H-pyrrole nitrogens is 1. The molecule has 0 bridgehead atoms. The molecule has 1 aromatic rings. The van der Waals surface area contributed by atoms with Crippen molar-refractivity contribution in [3.63, 3.8) is 0 Å². The second-order valence-electron chi connectivity index (χ2n) is 4.54. The SMILES string of the molecule is CCS(=O)(=O)N1CCCC(c2n[nH]c(=S)n2C)C1. The molecule has 18 heavy (non-hydrogen) atoms. The summed E-state index contributed by atoms with van der Waals surface area (Å²) in [7, 11) is -1.25. The summed E-state index contributed by atoms with van der Waals surface area (Å²) in [5, 5.41) is 6.96. The van der Waals surface area contributed by atoms with Gasteiger partial charge in [0.2, 0.25) is 10.0 Å². The third kappa shape index (κ3) is 2.50. The predicted molar refractivity (Wildman–Crippen MR) is 71.4 cm³/mol. The lowest BCUT2D eigenvalue weighted by Crippen LogP contribution is -2.40. The Balaban J connectivity index is 2.22. The van der Waals surface area contributed by atoms with Crippen LogP contribution >= 0.6 is 12.2 Å². The van der Waals surface area contributed by atoms with Gasteiger partial charge in [-0.15, -0.1) is 0 Å². The zero-order valence-corrected chi connectivity index (χ0v) is 12.2. The van der Waals surface area contributed by atoms with Gasteiger partial charge in [-0.2, -0.15) is 5.10 Å². The third-order valence-electron chi connectivity index (χ3n) is 3.42. The van der Waals surface area contributed by atoms with Gasteiger partial charge >= 0.3 is 0 Å². The first-order chi connectivity index (χ1) is 8.45. The molecule has 1 atom stereocenters. The Bertz CT molecular complexity index is 575. The molecule has 0 aromatic carbocycles. The number of aromatic amines is 1. The van der Waals surface area contributed by atoms with E-state index < -0.39 is 10.0 Å². The topological polar surface area (TPSA) is 71.0 Å². The summed E-state index contributed by atoms with van der Waals surface area (Å²) in [5.74, 6) is 1.12. The van der Waals surface area contributed by atoms with Crippen LogP contribution in [0.15, 0.2) is 0 Å². The number of nitrogens with zero attached hydrogens (tertiary/aromatic N) is 3. The van der Waals surface area contributed by atoms with Crippen LogP contribution in [0.1, 0.15) is 31.5 Å². The van der Waals surface area contributed by atoms with Crippen LogP contribution in [-0.2, 0) is 17.1 Å². The Hall–Kier alpha value is -0.730. The molecule has 6 nitrogen and oxygen atoms in total. The molecule has 0 amide bonds. The van der Waals surface area contributed by atoms with Crippen LogP contribution < -0.4 is 0 Å². The van der Waals surface area contributed by atoms with Gasteiger partial charge in [0.15, 0.2) is 4.77 Å². The summed E-state index contributed by atoms with van der Waals surface area (Å²) in [5.41, 5.74) is 0. The summed E-state index contributed by atoms with van der Waals surface area (Å²) < 4.78 is 27.7. The lowest BCUT2D eigenvalue weighted by atomic mass is 9.99. The number of rotatable bonds is 3. The summed E-state index contributed by atoms with van der Waals surface area (Å²) in [6, 6.07) is 0. The number of piperidine rings is 1. The van der Waals surface area contributed by atoms with E-state index in [0.29, 0.717) is 17.9 Å². The highest BCUT2D eigenvalue weighted by Gasteiger charge is 2.30. The molecular formula is C10H18N4O2S2. The molecule has 1 aliphatic rings. The number of aromatic nitrogens is 3. The van der Waals surface area contributed by atoms with Crippen molar-refractivity contribution in [2.45, 2.75) is 25.7 Å². The van der Waals surface area contributed by atoms with Crippen LogP contribution in [0.3, 0.4) is 0 Å². The largest absolute Gasteiger partial charge is 0.307 e. The number of nitrogens with one attached hydrogen (secondary N) is 1. The van der Waals surface area contributed by atoms with Crippen LogP contribution in [-0.4, -0.2) is 46.3 Å². The van der Waals surface area contributed by atoms with Crippen LogP contribution in [0.5, 0.6) is 0 Å². The van der Waals surface area contributed by atoms with Gasteiger partial charge < -0.3 is 4.57 Å². The van der Waals surface area contributed by atoms with E-state index >= 15 is 0 Å². The van der Waals surface area contributed by atoms with Gasteiger partial charge in [-0.25, -0.2) is 12.7 Å². The van der Waals surface area contributed by atoms with Gasteiger partial charge in [-0.1, -0.05) is 0 Å². The smallest absolute Gasteiger partial charge is 0.213 e. The van der Waals surface area contributed by atoms with E-state index in [-0.39, 0.29) is 11.7 Å². The molecule has 0 saturated carbocycles. The zero-order chi connectivity index (χ0) is 13.3. The molecule has 1 saturated heterocycles. The molecule has 0 aliphatic carbocycles. The first kappa shape index (κ1) is 13.7. The quantitative estimate of drug-likeness (QED) is 0.843. The van der Waals surface area contributed by atoms with Gasteiger partial charge in [0, 0.05) is 26.1 Å². The molecule has 8 heteroatoms. The molecule has 1 N–H and O–H groups in total. The van der Waals surface area contributed by atoms with E-state index in [9.17, 15) is 8.42 Å². The third-order valence-corrected chi connectivity index (χ3v) is 5.64. The fraction of sp³-hybridized carbons (Fsp3) is 0.800. The molecule has 2 heterocycles. The maximum atomic E-state index is 11.9. The fourth-order valence-corrected chi connectivity index (χ4v) is 3.63. The van der Waals surface area contributed by atoms with Crippen molar-refractivity contribution in [3.8, 4) is 0 Å². The highest BCUT2D eigenvalue weighted by molar-refractivity contribution is 7.89. The van der Waals surface area contributed by atoms with Crippen molar-refractivity contribution in [1.82, 2.24) is 19.1 Å². The summed E-state index contributed by atoms with van der Waals surface area (Å²) in [4.78, 5) is 0. The van der Waals surface area contributed by atoms with E-state index in [1.165, 1.54) is 0 Å². The molecule has 1 aliphatic heterocycles. The van der Waals surface area contributed by atoms with Crippen LogP contribution in [0.25, 0.3) is 0 Å². The minimum atomic E-state index is -3.11. The minimum absolute atomic E-state index is 0.123. The Kier molecular flexibility index (Phi) is 3.88. The van der Waals surface area contributed by atoms with Crippen LogP contribution in [0.2, 0.25) is 0 Å². The predicted octanol–water partition coefficient (Wildman–Crippen LogP) is 1.01. The number of hydrogen-bond acceptors (Lipinski definition) is 4. The van der Waals surface area contributed by atoms with Crippen molar-refractivity contribution in [1.29, 1.82) is 0 Å². The summed E-state index contributed by atoms with van der Waals surface area (Å²) in [6.45, 7) is 2.79. The maximum absolute atomic E-state index is 11.9. The molecule has 2 rings (SSSR count). The normalized spacial score (nSPS) is 22.2. The van der Waals surface area contributed by atoms with Crippen LogP contribution in [0.4, 0.5) is 0 Å². The van der Waals surface area contributed by atoms with E-state index in [2.05, 4.69) is 10.2 Å². The molecule has 102 valence electrons. The highest BCUT2D eigenvalue weighted by Crippen LogP contribution is 2.26. The van der Waals surface area contributed by atoms with E-state index in [4.69, 9.17) is 12.2 Å². The monoisotopic (exact) mass is 290 g/mol. The Labute approximate surface area is 112 Å². The van der Waals surface area contributed by atoms with Crippen molar-refractivity contribution < 1.29 is 8.42 Å². The number of sulfonamides is 1. The Morgan fingerprint density at radius 3 is 2.83 bits per heavy atom. The van der Waals surface area contributed by atoms with Gasteiger partial charge in [-0.05, 0) is 32.0 Å². The first-order valence-electron chi connectivity index (χ1n) is 6.05. The molecule has 0 spiro atoms. The average molecular weight is 290 g/mol. The molecule has 1 unspecified atom stereocenters. The van der Waals surface area contributed by atoms with Crippen molar-refractivity contribution in [2.24, 2.45) is 7.05 Å². The second kappa shape index (κ2) is 5.10. The van der Waals surface area contributed by atoms with Gasteiger partial charge in [0.1, 0.15) is 5.82 Å². The Morgan fingerprint density at radius 2 is 2.28 bits per heavy atom.